The summed E-state index contributed by atoms with van der Waals surface area (Å²) in [7, 11) is 0. The van der Waals surface area contributed by atoms with Crippen LogP contribution in [-0.4, -0.2) is 34.7 Å². The molecular weight excluding hydrogens is 271 g/mol. The Morgan fingerprint density at radius 3 is 2.90 bits per heavy atom. The van der Waals surface area contributed by atoms with Gasteiger partial charge in [0.2, 0.25) is 0 Å². The minimum absolute atomic E-state index is 0.278. The van der Waals surface area contributed by atoms with Crippen LogP contribution < -0.4 is 5.73 Å². The van der Waals surface area contributed by atoms with Crippen LogP contribution in [0.25, 0.3) is 11.5 Å². The SMILES string of the molecule is NCC1CCCN(Cc2noc(-c3ccc(F)cc3)n2)C1. The summed E-state index contributed by atoms with van der Waals surface area (Å²) >= 11 is 0. The van der Waals surface area contributed by atoms with E-state index in [1.165, 1.54) is 18.6 Å². The van der Waals surface area contributed by atoms with Crippen LogP contribution in [0, 0.1) is 11.7 Å². The van der Waals surface area contributed by atoms with Crippen molar-refractivity contribution in [2.75, 3.05) is 19.6 Å². The van der Waals surface area contributed by atoms with Gasteiger partial charge in [-0.25, -0.2) is 4.39 Å². The Kier molecular flexibility index (Phi) is 4.26. The summed E-state index contributed by atoms with van der Waals surface area (Å²) in [6.07, 6.45) is 2.35. The van der Waals surface area contributed by atoms with Crippen LogP contribution >= 0.6 is 0 Å². The van der Waals surface area contributed by atoms with Crippen LogP contribution in [0.3, 0.4) is 0 Å². The highest BCUT2D eigenvalue weighted by atomic mass is 19.1. The molecule has 0 radical (unpaired) electrons. The zero-order valence-electron chi connectivity index (χ0n) is 11.8. The Balaban J connectivity index is 1.66. The quantitative estimate of drug-likeness (QED) is 0.933. The first-order valence-corrected chi connectivity index (χ1v) is 7.25. The molecule has 0 bridgehead atoms. The van der Waals surface area contributed by atoms with Gasteiger partial charge in [0.15, 0.2) is 5.82 Å². The summed E-state index contributed by atoms with van der Waals surface area (Å²) in [6, 6.07) is 6.04. The Morgan fingerprint density at radius 1 is 1.33 bits per heavy atom. The van der Waals surface area contributed by atoms with E-state index in [1.807, 2.05) is 0 Å². The second-order valence-electron chi connectivity index (χ2n) is 5.50. The number of benzene rings is 1. The number of nitrogens with two attached hydrogens (primary N) is 1. The number of aromatic nitrogens is 2. The number of likely N-dealkylation sites (tertiary alicyclic amines) is 1. The first-order chi connectivity index (χ1) is 10.2. The van der Waals surface area contributed by atoms with E-state index in [0.29, 0.717) is 24.2 Å². The van der Waals surface area contributed by atoms with Gasteiger partial charge in [0, 0.05) is 12.1 Å². The minimum atomic E-state index is -0.278. The minimum Gasteiger partial charge on any atom is -0.334 e. The van der Waals surface area contributed by atoms with Gasteiger partial charge in [0.1, 0.15) is 5.82 Å². The van der Waals surface area contributed by atoms with Crippen LogP contribution in [0.5, 0.6) is 0 Å². The van der Waals surface area contributed by atoms with Gasteiger partial charge in [-0.05, 0) is 56.1 Å². The number of halogens is 1. The monoisotopic (exact) mass is 290 g/mol. The van der Waals surface area contributed by atoms with Crippen LogP contribution in [0.4, 0.5) is 4.39 Å². The van der Waals surface area contributed by atoms with E-state index < -0.39 is 0 Å². The second-order valence-corrected chi connectivity index (χ2v) is 5.50. The maximum atomic E-state index is 12.9. The lowest BCUT2D eigenvalue weighted by Gasteiger charge is -2.30. The van der Waals surface area contributed by atoms with Gasteiger partial charge in [-0.15, -0.1) is 0 Å². The molecule has 1 fully saturated rings. The first kappa shape index (κ1) is 14.2. The summed E-state index contributed by atoms with van der Waals surface area (Å²) in [5.41, 5.74) is 6.47. The van der Waals surface area contributed by atoms with Gasteiger partial charge in [-0.1, -0.05) is 5.16 Å². The molecular formula is C15H19FN4O. The van der Waals surface area contributed by atoms with E-state index in [-0.39, 0.29) is 5.82 Å². The molecule has 1 aliphatic heterocycles. The van der Waals surface area contributed by atoms with Crippen molar-refractivity contribution in [2.24, 2.45) is 11.7 Å². The van der Waals surface area contributed by atoms with Crippen molar-refractivity contribution in [3.05, 3.63) is 35.9 Å². The standard InChI is InChI=1S/C15H19FN4O/c16-13-5-3-12(4-6-13)15-18-14(19-21-15)10-20-7-1-2-11(8-17)9-20/h3-6,11H,1-2,7-10,17H2. The molecule has 1 unspecified atom stereocenters. The molecule has 2 N–H and O–H groups in total. The molecule has 112 valence electrons. The van der Waals surface area contributed by atoms with Gasteiger partial charge in [0.05, 0.1) is 6.54 Å². The summed E-state index contributed by atoms with van der Waals surface area (Å²) in [5, 5.41) is 4.01. The van der Waals surface area contributed by atoms with Gasteiger partial charge in [-0.3, -0.25) is 4.90 Å². The molecule has 0 aliphatic carbocycles. The summed E-state index contributed by atoms with van der Waals surface area (Å²) in [6.45, 7) is 3.42. The molecule has 5 nitrogen and oxygen atoms in total. The average molecular weight is 290 g/mol. The fourth-order valence-corrected chi connectivity index (χ4v) is 2.72. The van der Waals surface area contributed by atoms with Crippen molar-refractivity contribution in [3.8, 4) is 11.5 Å². The van der Waals surface area contributed by atoms with Crippen molar-refractivity contribution in [1.29, 1.82) is 0 Å². The highest BCUT2D eigenvalue weighted by molar-refractivity contribution is 5.52. The van der Waals surface area contributed by atoms with Gasteiger partial charge in [-0.2, -0.15) is 4.98 Å². The topological polar surface area (TPSA) is 68.2 Å². The first-order valence-electron chi connectivity index (χ1n) is 7.25. The van der Waals surface area contributed by atoms with Crippen molar-refractivity contribution in [2.45, 2.75) is 19.4 Å². The predicted octanol–water partition coefficient (Wildman–Crippen LogP) is 2.05. The van der Waals surface area contributed by atoms with Crippen LogP contribution in [0.15, 0.2) is 28.8 Å². The number of rotatable bonds is 4. The number of hydrogen-bond acceptors (Lipinski definition) is 5. The lowest BCUT2D eigenvalue weighted by atomic mass is 9.98. The molecule has 0 amide bonds. The molecule has 1 aliphatic rings. The van der Waals surface area contributed by atoms with E-state index in [0.717, 1.165) is 31.6 Å². The van der Waals surface area contributed by atoms with Crippen molar-refractivity contribution >= 4 is 0 Å². The van der Waals surface area contributed by atoms with E-state index in [9.17, 15) is 4.39 Å². The highest BCUT2D eigenvalue weighted by Gasteiger charge is 2.20. The van der Waals surface area contributed by atoms with Gasteiger partial charge < -0.3 is 10.3 Å². The highest BCUT2D eigenvalue weighted by Crippen LogP contribution is 2.20. The third-order valence-electron chi connectivity index (χ3n) is 3.86. The maximum absolute atomic E-state index is 12.9. The zero-order chi connectivity index (χ0) is 14.7. The van der Waals surface area contributed by atoms with Crippen LogP contribution in [-0.2, 0) is 6.54 Å². The fraction of sp³-hybridized carbons (Fsp3) is 0.467. The van der Waals surface area contributed by atoms with E-state index >= 15 is 0 Å². The smallest absolute Gasteiger partial charge is 0.257 e. The zero-order valence-corrected chi connectivity index (χ0v) is 11.8. The van der Waals surface area contributed by atoms with Gasteiger partial charge >= 0.3 is 0 Å². The molecule has 2 aromatic rings. The number of nitrogens with zero attached hydrogens (tertiary/aromatic N) is 3. The van der Waals surface area contributed by atoms with Crippen molar-refractivity contribution in [3.63, 3.8) is 0 Å². The molecule has 0 spiro atoms. The molecule has 2 heterocycles. The molecule has 6 heteroatoms. The number of piperidine rings is 1. The second kappa shape index (κ2) is 6.32. The Bertz CT molecular complexity index is 584. The molecule has 1 atom stereocenters. The maximum Gasteiger partial charge on any atom is 0.257 e. The van der Waals surface area contributed by atoms with E-state index in [2.05, 4.69) is 15.0 Å². The molecule has 1 aromatic heterocycles. The van der Waals surface area contributed by atoms with E-state index in [1.54, 1.807) is 12.1 Å². The Labute approximate surface area is 122 Å². The molecule has 3 rings (SSSR count). The summed E-state index contributed by atoms with van der Waals surface area (Å²) < 4.78 is 18.2. The Morgan fingerprint density at radius 2 is 2.14 bits per heavy atom. The van der Waals surface area contributed by atoms with Gasteiger partial charge in [0.25, 0.3) is 5.89 Å². The predicted molar refractivity (Wildman–Crippen MR) is 76.7 cm³/mol. The molecule has 21 heavy (non-hydrogen) atoms. The number of hydrogen-bond donors (Lipinski definition) is 1. The largest absolute Gasteiger partial charge is 0.334 e. The normalized spacial score (nSPS) is 19.8. The fourth-order valence-electron chi connectivity index (χ4n) is 2.72. The lowest BCUT2D eigenvalue weighted by Crippen LogP contribution is -2.38. The molecule has 1 aromatic carbocycles. The average Bonchev–Trinajstić information content (AvgIpc) is 2.96. The van der Waals surface area contributed by atoms with Crippen molar-refractivity contribution < 1.29 is 8.91 Å². The Hall–Kier alpha value is -1.79. The molecule has 0 saturated carbocycles. The van der Waals surface area contributed by atoms with Crippen molar-refractivity contribution in [1.82, 2.24) is 15.0 Å². The van der Waals surface area contributed by atoms with Crippen LogP contribution in [0.1, 0.15) is 18.7 Å². The lowest BCUT2D eigenvalue weighted by molar-refractivity contribution is 0.166. The van der Waals surface area contributed by atoms with E-state index in [4.69, 9.17) is 10.3 Å². The summed E-state index contributed by atoms with van der Waals surface area (Å²) in [5.74, 6) is 1.37. The molecule has 1 saturated heterocycles. The third kappa shape index (κ3) is 3.46. The third-order valence-corrected chi connectivity index (χ3v) is 3.86. The van der Waals surface area contributed by atoms with Crippen LogP contribution in [0.2, 0.25) is 0 Å². The summed E-state index contributed by atoms with van der Waals surface area (Å²) in [4.78, 5) is 6.69.